The Balaban J connectivity index is 1.24. The van der Waals surface area contributed by atoms with Crippen molar-refractivity contribution in [3.05, 3.63) is 69.9 Å². The van der Waals surface area contributed by atoms with Crippen molar-refractivity contribution in [3.8, 4) is 5.75 Å². The SMILES string of the molecule is COc1ccc(Cn2ncc(NC(C)COCC(O)CN3CCN(c4ncc(C(F)(F)F)cn4)CC3)c(C(F)(F)F)c2=O)cc1. The van der Waals surface area contributed by atoms with Crippen molar-refractivity contribution in [2.45, 2.75) is 38.0 Å². The first-order chi connectivity index (χ1) is 21.2. The van der Waals surface area contributed by atoms with Gasteiger partial charge in [0, 0.05) is 51.2 Å². The second kappa shape index (κ2) is 14.4. The maximum absolute atomic E-state index is 13.9. The monoisotopic (exact) mass is 645 g/mol. The third-order valence-corrected chi connectivity index (χ3v) is 6.99. The number of anilines is 2. The van der Waals surface area contributed by atoms with Crippen molar-refractivity contribution in [2.75, 3.05) is 63.3 Å². The second-order valence-corrected chi connectivity index (χ2v) is 10.5. The highest BCUT2D eigenvalue weighted by Gasteiger charge is 2.38. The van der Waals surface area contributed by atoms with E-state index < -0.39 is 46.9 Å². The van der Waals surface area contributed by atoms with Crippen LogP contribution in [0.5, 0.6) is 5.75 Å². The van der Waals surface area contributed by atoms with Crippen molar-refractivity contribution >= 4 is 11.6 Å². The van der Waals surface area contributed by atoms with E-state index >= 15 is 0 Å². The summed E-state index contributed by atoms with van der Waals surface area (Å²) in [6.45, 7) is 3.36. The van der Waals surface area contributed by atoms with Gasteiger partial charge in [0.1, 0.15) is 11.3 Å². The number of methoxy groups -OCH3 is 1. The normalized spacial score (nSPS) is 16.0. The van der Waals surface area contributed by atoms with E-state index in [0.717, 1.165) is 23.3 Å². The molecular weight excluding hydrogens is 612 g/mol. The summed E-state index contributed by atoms with van der Waals surface area (Å²) in [5.41, 5.74) is -3.52. The highest BCUT2D eigenvalue weighted by molar-refractivity contribution is 5.50. The summed E-state index contributed by atoms with van der Waals surface area (Å²) in [6.07, 6.45) is -7.93. The number of nitrogens with zero attached hydrogens (tertiary/aromatic N) is 6. The number of rotatable bonds is 12. The van der Waals surface area contributed by atoms with Gasteiger partial charge < -0.3 is 24.8 Å². The van der Waals surface area contributed by atoms with E-state index in [-0.39, 0.29) is 32.3 Å². The number of benzene rings is 1. The number of aliphatic hydroxyl groups is 1. The van der Waals surface area contributed by atoms with Gasteiger partial charge in [-0.25, -0.2) is 14.6 Å². The lowest BCUT2D eigenvalue weighted by Crippen LogP contribution is -2.49. The number of ether oxygens (including phenoxy) is 2. The minimum absolute atomic E-state index is 0.0671. The summed E-state index contributed by atoms with van der Waals surface area (Å²) in [5, 5.41) is 17.0. The van der Waals surface area contributed by atoms with Crippen LogP contribution in [-0.4, -0.2) is 94.9 Å². The van der Waals surface area contributed by atoms with Crippen molar-refractivity contribution in [1.29, 1.82) is 0 Å². The molecule has 2 aromatic heterocycles. The summed E-state index contributed by atoms with van der Waals surface area (Å²) < 4.78 is 91.3. The Bertz CT molecular complexity index is 1440. The van der Waals surface area contributed by atoms with Crippen LogP contribution in [0.1, 0.15) is 23.6 Å². The summed E-state index contributed by atoms with van der Waals surface area (Å²) in [6, 6.07) is 5.84. The van der Waals surface area contributed by atoms with E-state index in [4.69, 9.17) is 9.47 Å². The molecule has 0 aliphatic carbocycles. The third-order valence-electron chi connectivity index (χ3n) is 6.99. The number of alkyl halides is 6. The molecule has 0 radical (unpaired) electrons. The molecule has 4 rings (SSSR count). The molecule has 1 aliphatic rings. The Morgan fingerprint density at radius 1 is 0.956 bits per heavy atom. The lowest BCUT2D eigenvalue weighted by molar-refractivity contribution is -0.139. The largest absolute Gasteiger partial charge is 0.497 e. The van der Waals surface area contributed by atoms with E-state index in [1.165, 1.54) is 7.11 Å². The molecule has 0 bridgehead atoms. The Hall–Kier alpha value is -3.96. The summed E-state index contributed by atoms with van der Waals surface area (Å²) in [5.74, 6) is 0.748. The number of aromatic nitrogens is 4. The number of hydrogen-bond acceptors (Lipinski definition) is 10. The van der Waals surface area contributed by atoms with Crippen molar-refractivity contribution in [1.82, 2.24) is 24.6 Å². The van der Waals surface area contributed by atoms with Crippen LogP contribution in [-0.2, 0) is 23.6 Å². The van der Waals surface area contributed by atoms with Crippen LogP contribution in [0.25, 0.3) is 0 Å². The average Bonchev–Trinajstić information content (AvgIpc) is 2.98. The fourth-order valence-electron chi connectivity index (χ4n) is 4.69. The molecule has 3 heterocycles. The molecule has 11 nitrogen and oxygen atoms in total. The van der Waals surface area contributed by atoms with Gasteiger partial charge in [-0.05, 0) is 24.6 Å². The van der Waals surface area contributed by atoms with Crippen LogP contribution in [0.3, 0.4) is 0 Å². The molecule has 1 saturated heterocycles. The van der Waals surface area contributed by atoms with Crippen molar-refractivity contribution in [3.63, 3.8) is 0 Å². The second-order valence-electron chi connectivity index (χ2n) is 10.5. The van der Waals surface area contributed by atoms with Gasteiger partial charge in [0.05, 0.1) is 50.4 Å². The maximum atomic E-state index is 13.9. The molecule has 1 aromatic carbocycles. The average molecular weight is 646 g/mol. The number of β-amino-alcohol motifs (C(OH)–C–C–N with tert-alkyl or cyclic N) is 1. The van der Waals surface area contributed by atoms with Gasteiger partial charge in [0.25, 0.3) is 5.56 Å². The molecular formula is C28H33F6N7O4. The number of nitrogens with one attached hydrogen (secondary N) is 1. The number of piperazine rings is 1. The van der Waals surface area contributed by atoms with Crippen LogP contribution in [0.2, 0.25) is 0 Å². The van der Waals surface area contributed by atoms with Crippen LogP contribution in [0.15, 0.2) is 47.7 Å². The molecule has 2 N–H and O–H groups in total. The highest BCUT2D eigenvalue weighted by atomic mass is 19.4. The minimum atomic E-state index is -4.94. The summed E-state index contributed by atoms with van der Waals surface area (Å²) in [7, 11) is 1.48. The standard InChI is InChI=1S/C28H33F6N7O4/c1-18(38-23-13-37-41(25(43)24(23)28(32,33)34)14-19-3-5-22(44-2)6-4-19)16-45-17-21(42)15-39-7-9-40(10-8-39)26-35-11-20(12-36-26)27(29,30)31/h3-6,11-13,18,21,38,42H,7-10,14-17H2,1-2H3. The van der Waals surface area contributed by atoms with Gasteiger partial charge in [0.2, 0.25) is 5.95 Å². The predicted molar refractivity (Wildman–Crippen MR) is 151 cm³/mol. The third kappa shape index (κ3) is 9.27. The lowest BCUT2D eigenvalue weighted by atomic mass is 10.2. The van der Waals surface area contributed by atoms with Crippen molar-refractivity contribution < 1.29 is 40.9 Å². The number of aliphatic hydroxyl groups excluding tert-OH is 1. The molecule has 2 atom stereocenters. The molecule has 2 unspecified atom stereocenters. The van der Waals surface area contributed by atoms with Crippen LogP contribution in [0.4, 0.5) is 38.0 Å². The zero-order valence-corrected chi connectivity index (χ0v) is 24.5. The van der Waals surface area contributed by atoms with Gasteiger partial charge >= 0.3 is 12.4 Å². The van der Waals surface area contributed by atoms with E-state index in [1.807, 2.05) is 4.90 Å². The molecule has 3 aromatic rings. The Labute approximate surface area is 254 Å². The molecule has 0 saturated carbocycles. The zero-order chi connectivity index (χ0) is 32.8. The van der Waals surface area contributed by atoms with Crippen molar-refractivity contribution in [2.24, 2.45) is 0 Å². The van der Waals surface area contributed by atoms with Gasteiger partial charge in [-0.15, -0.1) is 0 Å². The molecule has 45 heavy (non-hydrogen) atoms. The predicted octanol–water partition coefficient (Wildman–Crippen LogP) is 3.13. The zero-order valence-electron chi connectivity index (χ0n) is 24.5. The molecule has 0 amide bonds. The van der Waals surface area contributed by atoms with Gasteiger partial charge in [0.15, 0.2) is 0 Å². The quantitative estimate of drug-likeness (QED) is 0.285. The Morgan fingerprint density at radius 3 is 2.18 bits per heavy atom. The van der Waals surface area contributed by atoms with E-state index in [9.17, 15) is 36.2 Å². The van der Waals surface area contributed by atoms with E-state index in [1.54, 1.807) is 36.1 Å². The molecule has 246 valence electrons. The topological polar surface area (TPSA) is 118 Å². The smallest absolute Gasteiger partial charge is 0.423 e. The van der Waals surface area contributed by atoms with Crippen LogP contribution >= 0.6 is 0 Å². The first kappa shape index (κ1) is 33.9. The molecule has 0 spiro atoms. The Kier molecular flexibility index (Phi) is 10.9. The van der Waals surface area contributed by atoms with Gasteiger partial charge in [-0.1, -0.05) is 12.1 Å². The van der Waals surface area contributed by atoms with Gasteiger partial charge in [-0.2, -0.15) is 31.4 Å². The van der Waals surface area contributed by atoms with E-state index in [0.29, 0.717) is 37.5 Å². The molecule has 1 fully saturated rings. The highest BCUT2D eigenvalue weighted by Crippen LogP contribution is 2.32. The Morgan fingerprint density at radius 2 is 1.60 bits per heavy atom. The van der Waals surface area contributed by atoms with E-state index in [2.05, 4.69) is 20.4 Å². The lowest BCUT2D eigenvalue weighted by Gasteiger charge is -2.35. The summed E-state index contributed by atoms with van der Waals surface area (Å²) >= 11 is 0. The fourth-order valence-corrected chi connectivity index (χ4v) is 4.69. The van der Waals surface area contributed by atoms with Gasteiger partial charge in [-0.3, -0.25) is 9.69 Å². The first-order valence-electron chi connectivity index (χ1n) is 13.9. The maximum Gasteiger partial charge on any atom is 0.423 e. The first-order valence-corrected chi connectivity index (χ1v) is 13.9. The number of halogens is 6. The minimum Gasteiger partial charge on any atom is -0.497 e. The van der Waals surface area contributed by atoms with Crippen LogP contribution < -0.4 is 20.5 Å². The summed E-state index contributed by atoms with van der Waals surface area (Å²) in [4.78, 5) is 24.1. The molecule has 17 heteroatoms. The fraction of sp³-hybridized carbons (Fsp3) is 0.500. The van der Waals surface area contributed by atoms with Crippen LogP contribution in [0, 0.1) is 0 Å². The molecule has 1 aliphatic heterocycles. The number of hydrogen-bond donors (Lipinski definition) is 2.